The van der Waals surface area contributed by atoms with Gasteiger partial charge in [-0.25, -0.2) is 17.8 Å². The summed E-state index contributed by atoms with van der Waals surface area (Å²) in [5.41, 5.74) is 8.75. The molecule has 2 amide bonds. The SMILES string of the molecule is COCC1CN(C(=O)c2cnn(-c3ccncc3C)c2C2=Cc3cc(OC)ccc3-c3c(C4CCCCC4)c4ccc(C(=O)NS(=O)(=O)C(C)C)cc4n3C2)CCO1. The fraction of sp³-hybridized carbons (Fsp3) is 0.409. The summed E-state index contributed by atoms with van der Waals surface area (Å²) in [6.45, 7) is 6.91. The number of fused-ring (bicyclic) bond motifs is 5. The number of allylic oxidation sites excluding steroid dienone is 1. The summed E-state index contributed by atoms with van der Waals surface area (Å²) in [6.07, 6.45) is 12.5. The van der Waals surface area contributed by atoms with Gasteiger partial charge in [0, 0.05) is 54.6 Å². The number of methoxy groups -OCH3 is 2. The van der Waals surface area contributed by atoms with E-state index in [1.165, 1.54) is 25.8 Å². The van der Waals surface area contributed by atoms with Crippen molar-refractivity contribution in [3.8, 4) is 22.7 Å². The maximum Gasteiger partial charge on any atom is 0.264 e. The molecule has 1 saturated heterocycles. The lowest BCUT2D eigenvalue weighted by molar-refractivity contribution is -0.0531. The molecule has 1 N–H and O–H groups in total. The summed E-state index contributed by atoms with van der Waals surface area (Å²) in [7, 11) is -0.604. The third-order valence-electron chi connectivity index (χ3n) is 11.7. The van der Waals surface area contributed by atoms with Crippen molar-refractivity contribution in [1.29, 1.82) is 0 Å². The second kappa shape index (κ2) is 16.1. The Morgan fingerprint density at radius 3 is 2.57 bits per heavy atom. The number of benzene rings is 2. The van der Waals surface area contributed by atoms with Crippen molar-refractivity contribution in [2.75, 3.05) is 40.5 Å². The van der Waals surface area contributed by atoms with E-state index in [0.717, 1.165) is 70.2 Å². The molecule has 58 heavy (non-hydrogen) atoms. The number of ether oxygens (including phenoxy) is 3. The van der Waals surface area contributed by atoms with Gasteiger partial charge in [-0.15, -0.1) is 0 Å². The number of sulfonamides is 1. The van der Waals surface area contributed by atoms with Crippen LogP contribution in [0.4, 0.5) is 0 Å². The fourth-order valence-corrected chi connectivity index (χ4v) is 9.31. The van der Waals surface area contributed by atoms with Crippen molar-refractivity contribution >= 4 is 44.4 Å². The molecule has 1 atom stereocenters. The van der Waals surface area contributed by atoms with Gasteiger partial charge >= 0.3 is 0 Å². The second-order valence-corrected chi connectivity index (χ2v) is 18.0. The Kier molecular flexibility index (Phi) is 11.0. The van der Waals surface area contributed by atoms with E-state index in [1.54, 1.807) is 43.8 Å². The molecule has 8 rings (SSSR count). The number of morpholine rings is 1. The predicted octanol–water partition coefficient (Wildman–Crippen LogP) is 6.76. The van der Waals surface area contributed by atoms with Crippen LogP contribution in [-0.4, -0.2) is 96.3 Å². The van der Waals surface area contributed by atoms with Crippen LogP contribution in [0.2, 0.25) is 0 Å². The van der Waals surface area contributed by atoms with E-state index in [2.05, 4.69) is 26.4 Å². The summed E-state index contributed by atoms with van der Waals surface area (Å²) in [6, 6.07) is 13.5. The summed E-state index contributed by atoms with van der Waals surface area (Å²) >= 11 is 0. The standard InChI is InChI=1S/C44H50N6O7S/c1-27(2)58(53,54)47-43(51)30-11-13-36-39(21-30)49-24-32(19-31-20-33(56-5)12-14-35(31)42(49)40(36)29-9-7-6-8-10-29)41-37(23-46-50(41)38-15-16-45-22-28(38)3)44(52)48-17-18-57-34(25-48)26-55-4/h11-16,19-23,27,29,34H,6-10,17-18,24-26H2,1-5H3,(H,47,51). The van der Waals surface area contributed by atoms with Gasteiger partial charge in [0.2, 0.25) is 10.0 Å². The van der Waals surface area contributed by atoms with Crippen molar-refractivity contribution < 1.29 is 32.2 Å². The zero-order valence-electron chi connectivity index (χ0n) is 33.7. The molecule has 2 fully saturated rings. The monoisotopic (exact) mass is 806 g/mol. The van der Waals surface area contributed by atoms with E-state index in [4.69, 9.17) is 19.3 Å². The van der Waals surface area contributed by atoms with Crippen molar-refractivity contribution in [3.63, 3.8) is 0 Å². The van der Waals surface area contributed by atoms with Crippen LogP contribution in [0.5, 0.6) is 5.75 Å². The molecule has 0 bridgehead atoms. The second-order valence-electron chi connectivity index (χ2n) is 15.7. The number of pyridine rings is 1. The lowest BCUT2D eigenvalue weighted by atomic mass is 9.81. The average molecular weight is 807 g/mol. The van der Waals surface area contributed by atoms with Gasteiger partial charge in [0.15, 0.2) is 0 Å². The van der Waals surface area contributed by atoms with Gasteiger partial charge in [0.05, 0.1) is 67.1 Å². The number of rotatable bonds is 10. The summed E-state index contributed by atoms with van der Waals surface area (Å²) in [5.74, 6) is 0.111. The zero-order valence-corrected chi connectivity index (χ0v) is 34.5. The molecule has 304 valence electrons. The molecule has 5 heterocycles. The Morgan fingerprint density at radius 2 is 1.83 bits per heavy atom. The van der Waals surface area contributed by atoms with E-state index in [0.29, 0.717) is 49.9 Å². The molecular weight excluding hydrogens is 757 g/mol. The number of carbonyl (C=O) groups excluding carboxylic acids is 2. The van der Waals surface area contributed by atoms with Crippen LogP contribution in [0.25, 0.3) is 39.5 Å². The number of nitrogens with one attached hydrogen (secondary N) is 1. The lowest BCUT2D eigenvalue weighted by Gasteiger charge is -2.32. The van der Waals surface area contributed by atoms with Crippen LogP contribution in [0.1, 0.15) is 95.0 Å². The molecule has 3 aromatic heterocycles. The first-order valence-corrected chi connectivity index (χ1v) is 21.5. The van der Waals surface area contributed by atoms with Gasteiger partial charge in [0.25, 0.3) is 11.8 Å². The first-order valence-electron chi connectivity index (χ1n) is 20.0. The molecular formula is C44H50N6O7S. The molecule has 2 aromatic carbocycles. The molecule has 0 spiro atoms. The number of aromatic nitrogens is 4. The number of hydrogen-bond acceptors (Lipinski definition) is 9. The largest absolute Gasteiger partial charge is 0.497 e. The van der Waals surface area contributed by atoms with Crippen molar-refractivity contribution in [2.24, 2.45) is 0 Å². The molecule has 1 aliphatic carbocycles. The van der Waals surface area contributed by atoms with E-state index >= 15 is 0 Å². The predicted molar refractivity (Wildman–Crippen MR) is 223 cm³/mol. The Bertz CT molecular complexity index is 2530. The molecule has 3 aliphatic rings. The van der Waals surface area contributed by atoms with Gasteiger partial charge in [-0.1, -0.05) is 25.3 Å². The molecule has 14 heteroatoms. The maximum absolute atomic E-state index is 14.7. The highest BCUT2D eigenvalue weighted by molar-refractivity contribution is 7.90. The minimum Gasteiger partial charge on any atom is -0.497 e. The van der Waals surface area contributed by atoms with Crippen LogP contribution in [0.3, 0.4) is 0 Å². The van der Waals surface area contributed by atoms with E-state index in [9.17, 15) is 18.0 Å². The van der Waals surface area contributed by atoms with Gasteiger partial charge in [-0.2, -0.15) is 5.10 Å². The molecule has 1 saturated carbocycles. The average Bonchev–Trinajstić information content (AvgIpc) is 3.75. The molecule has 0 radical (unpaired) electrons. The number of nitrogens with zero attached hydrogens (tertiary/aromatic N) is 5. The van der Waals surface area contributed by atoms with Crippen molar-refractivity contribution in [3.05, 3.63) is 94.6 Å². The topological polar surface area (TPSA) is 147 Å². The van der Waals surface area contributed by atoms with Gasteiger partial charge in [0.1, 0.15) is 5.75 Å². The quantitative estimate of drug-likeness (QED) is 0.162. The van der Waals surface area contributed by atoms with E-state index < -0.39 is 21.2 Å². The highest BCUT2D eigenvalue weighted by Crippen LogP contribution is 2.48. The first kappa shape index (κ1) is 39.5. The lowest BCUT2D eigenvalue weighted by Crippen LogP contribution is -2.47. The van der Waals surface area contributed by atoms with Crippen LogP contribution in [0.15, 0.2) is 61.1 Å². The van der Waals surface area contributed by atoms with Crippen molar-refractivity contribution in [2.45, 2.75) is 76.7 Å². The van der Waals surface area contributed by atoms with Crippen LogP contribution in [0, 0.1) is 6.92 Å². The highest BCUT2D eigenvalue weighted by atomic mass is 32.2. The third kappa shape index (κ3) is 7.33. The Labute approximate surface area is 339 Å². The van der Waals surface area contributed by atoms with Crippen LogP contribution < -0.4 is 9.46 Å². The zero-order chi connectivity index (χ0) is 40.7. The van der Waals surface area contributed by atoms with Crippen molar-refractivity contribution in [1.82, 2.24) is 29.0 Å². The van der Waals surface area contributed by atoms with E-state index in [1.807, 2.05) is 41.9 Å². The number of carbonyl (C=O) groups is 2. The third-order valence-corrected chi connectivity index (χ3v) is 13.4. The molecule has 2 aliphatic heterocycles. The number of hydrogen-bond donors (Lipinski definition) is 1. The summed E-state index contributed by atoms with van der Waals surface area (Å²) < 4.78 is 49.1. The molecule has 5 aromatic rings. The minimum atomic E-state index is -3.88. The summed E-state index contributed by atoms with van der Waals surface area (Å²) in [4.78, 5) is 34.5. The summed E-state index contributed by atoms with van der Waals surface area (Å²) in [5, 5.41) is 5.13. The number of aryl methyl sites for hydroxylation is 1. The normalized spacial score (nSPS) is 17.4. The van der Waals surface area contributed by atoms with Crippen LogP contribution in [-0.2, 0) is 26.0 Å². The van der Waals surface area contributed by atoms with Gasteiger partial charge in [-0.3, -0.25) is 14.6 Å². The Hall–Kier alpha value is -5.31. The van der Waals surface area contributed by atoms with Gasteiger partial charge in [-0.05, 0) is 104 Å². The fourth-order valence-electron chi connectivity index (χ4n) is 8.69. The highest BCUT2D eigenvalue weighted by Gasteiger charge is 2.34. The Morgan fingerprint density at radius 1 is 1.02 bits per heavy atom. The Balaban J connectivity index is 1.37. The smallest absolute Gasteiger partial charge is 0.264 e. The maximum atomic E-state index is 14.7. The van der Waals surface area contributed by atoms with Crippen LogP contribution >= 0.6 is 0 Å². The first-order chi connectivity index (χ1) is 28.0. The minimum absolute atomic E-state index is 0.167. The van der Waals surface area contributed by atoms with E-state index in [-0.39, 0.29) is 23.5 Å². The molecule has 1 unspecified atom stereocenters. The number of amides is 2. The molecule has 13 nitrogen and oxygen atoms in total. The van der Waals surface area contributed by atoms with Gasteiger partial charge < -0.3 is 23.7 Å².